The largest absolute Gasteiger partial charge is 0.497 e. The van der Waals surface area contributed by atoms with Crippen LogP contribution in [0.4, 0.5) is 0 Å². The molecular formula is C16H25NO. The monoisotopic (exact) mass is 247 g/mol. The van der Waals surface area contributed by atoms with Crippen molar-refractivity contribution in [3.05, 3.63) is 29.8 Å². The summed E-state index contributed by atoms with van der Waals surface area (Å²) in [5.74, 6) is 1.92. The molecule has 1 aromatic carbocycles. The van der Waals surface area contributed by atoms with E-state index in [9.17, 15) is 0 Å². The first kappa shape index (κ1) is 13.4. The van der Waals surface area contributed by atoms with Crippen molar-refractivity contribution in [2.24, 2.45) is 5.92 Å². The molecule has 0 spiro atoms. The highest BCUT2D eigenvalue weighted by atomic mass is 16.5. The van der Waals surface area contributed by atoms with Crippen LogP contribution in [0.25, 0.3) is 0 Å². The molecule has 0 radical (unpaired) electrons. The summed E-state index contributed by atoms with van der Waals surface area (Å²) in [7, 11) is 1.72. The fourth-order valence-electron chi connectivity index (χ4n) is 2.82. The number of rotatable bonds is 5. The molecule has 100 valence electrons. The number of ether oxygens (including phenoxy) is 1. The Bertz CT molecular complexity index is 356. The van der Waals surface area contributed by atoms with Gasteiger partial charge in [-0.15, -0.1) is 0 Å². The Hall–Kier alpha value is -1.02. The third kappa shape index (κ3) is 3.74. The van der Waals surface area contributed by atoms with E-state index in [1.54, 1.807) is 7.11 Å². The maximum Gasteiger partial charge on any atom is 0.119 e. The van der Waals surface area contributed by atoms with Crippen LogP contribution in [-0.4, -0.2) is 13.2 Å². The lowest BCUT2D eigenvalue weighted by Crippen LogP contribution is -2.32. The quantitative estimate of drug-likeness (QED) is 0.855. The SMILES string of the molecule is CCC1CCC(NCc2cccc(OC)c2)CC1. The predicted molar refractivity (Wildman–Crippen MR) is 75.9 cm³/mol. The second kappa shape index (κ2) is 6.79. The van der Waals surface area contributed by atoms with Crippen molar-refractivity contribution < 1.29 is 4.74 Å². The van der Waals surface area contributed by atoms with Gasteiger partial charge in [-0.1, -0.05) is 25.5 Å². The fraction of sp³-hybridized carbons (Fsp3) is 0.625. The zero-order chi connectivity index (χ0) is 12.8. The molecule has 0 atom stereocenters. The maximum absolute atomic E-state index is 5.25. The van der Waals surface area contributed by atoms with E-state index in [0.29, 0.717) is 6.04 Å². The second-order valence-corrected chi connectivity index (χ2v) is 5.36. The zero-order valence-electron chi connectivity index (χ0n) is 11.6. The smallest absolute Gasteiger partial charge is 0.119 e. The van der Waals surface area contributed by atoms with Gasteiger partial charge in [-0.3, -0.25) is 0 Å². The van der Waals surface area contributed by atoms with Crippen molar-refractivity contribution in [3.63, 3.8) is 0 Å². The first-order chi connectivity index (χ1) is 8.81. The van der Waals surface area contributed by atoms with Gasteiger partial charge in [-0.25, -0.2) is 0 Å². The Morgan fingerprint density at radius 1 is 1.22 bits per heavy atom. The van der Waals surface area contributed by atoms with Crippen LogP contribution >= 0.6 is 0 Å². The average Bonchev–Trinajstić information content (AvgIpc) is 2.46. The molecule has 18 heavy (non-hydrogen) atoms. The van der Waals surface area contributed by atoms with E-state index in [2.05, 4.69) is 30.4 Å². The molecule has 0 bridgehead atoms. The van der Waals surface area contributed by atoms with E-state index < -0.39 is 0 Å². The number of hydrogen-bond acceptors (Lipinski definition) is 2. The van der Waals surface area contributed by atoms with Crippen LogP contribution in [0, 0.1) is 5.92 Å². The molecular weight excluding hydrogens is 222 g/mol. The normalized spacial score (nSPS) is 23.9. The number of hydrogen-bond donors (Lipinski definition) is 1. The highest BCUT2D eigenvalue weighted by Gasteiger charge is 2.19. The van der Waals surface area contributed by atoms with Gasteiger partial charge in [0.15, 0.2) is 0 Å². The number of nitrogens with one attached hydrogen (secondary N) is 1. The topological polar surface area (TPSA) is 21.3 Å². The second-order valence-electron chi connectivity index (χ2n) is 5.36. The number of methoxy groups -OCH3 is 1. The van der Waals surface area contributed by atoms with Crippen molar-refractivity contribution in [2.75, 3.05) is 7.11 Å². The predicted octanol–water partition coefficient (Wildman–Crippen LogP) is 3.75. The van der Waals surface area contributed by atoms with Crippen LogP contribution in [0.2, 0.25) is 0 Å². The van der Waals surface area contributed by atoms with Crippen LogP contribution in [0.1, 0.15) is 44.6 Å². The first-order valence-electron chi connectivity index (χ1n) is 7.18. The van der Waals surface area contributed by atoms with Gasteiger partial charge in [0.2, 0.25) is 0 Å². The average molecular weight is 247 g/mol. The summed E-state index contributed by atoms with van der Waals surface area (Å²) in [6.07, 6.45) is 6.81. The van der Waals surface area contributed by atoms with E-state index in [-0.39, 0.29) is 0 Å². The molecule has 2 heteroatoms. The fourth-order valence-corrected chi connectivity index (χ4v) is 2.82. The van der Waals surface area contributed by atoms with E-state index in [0.717, 1.165) is 18.2 Å². The Morgan fingerprint density at radius 2 is 2.00 bits per heavy atom. The summed E-state index contributed by atoms with van der Waals surface area (Å²) in [5.41, 5.74) is 1.31. The molecule has 1 aliphatic carbocycles. The Labute approximate surface area is 111 Å². The van der Waals surface area contributed by atoms with Crippen molar-refractivity contribution >= 4 is 0 Å². The summed E-state index contributed by atoms with van der Waals surface area (Å²) < 4.78 is 5.25. The molecule has 1 aliphatic rings. The maximum atomic E-state index is 5.25. The van der Waals surface area contributed by atoms with Gasteiger partial charge in [0.25, 0.3) is 0 Å². The Morgan fingerprint density at radius 3 is 2.67 bits per heavy atom. The molecule has 2 nitrogen and oxygen atoms in total. The minimum atomic E-state index is 0.707. The van der Waals surface area contributed by atoms with Crippen LogP contribution in [0.3, 0.4) is 0 Å². The van der Waals surface area contributed by atoms with Gasteiger partial charge in [0.05, 0.1) is 7.11 Å². The summed E-state index contributed by atoms with van der Waals surface area (Å²) >= 11 is 0. The highest BCUT2D eigenvalue weighted by molar-refractivity contribution is 5.28. The minimum absolute atomic E-state index is 0.707. The van der Waals surface area contributed by atoms with E-state index in [4.69, 9.17) is 4.74 Å². The highest BCUT2D eigenvalue weighted by Crippen LogP contribution is 2.26. The van der Waals surface area contributed by atoms with E-state index in [1.165, 1.54) is 37.7 Å². The summed E-state index contributed by atoms with van der Waals surface area (Å²) in [5, 5.41) is 3.68. The van der Waals surface area contributed by atoms with Crippen LogP contribution < -0.4 is 10.1 Å². The van der Waals surface area contributed by atoms with Crippen molar-refractivity contribution in [3.8, 4) is 5.75 Å². The van der Waals surface area contributed by atoms with Gasteiger partial charge >= 0.3 is 0 Å². The molecule has 1 saturated carbocycles. The summed E-state index contributed by atoms with van der Waals surface area (Å²) in [4.78, 5) is 0. The van der Waals surface area contributed by atoms with Gasteiger partial charge in [-0.05, 0) is 49.3 Å². The standard InChI is InChI=1S/C16H25NO/c1-3-13-7-9-15(10-8-13)17-12-14-5-4-6-16(11-14)18-2/h4-6,11,13,15,17H,3,7-10,12H2,1-2H3. The van der Waals surface area contributed by atoms with Crippen molar-refractivity contribution in [1.29, 1.82) is 0 Å². The zero-order valence-corrected chi connectivity index (χ0v) is 11.6. The summed E-state index contributed by atoms with van der Waals surface area (Å²) in [6, 6.07) is 9.04. The molecule has 0 aromatic heterocycles. The first-order valence-corrected chi connectivity index (χ1v) is 7.18. The molecule has 0 unspecified atom stereocenters. The molecule has 1 aromatic rings. The van der Waals surface area contributed by atoms with Crippen LogP contribution in [0.5, 0.6) is 5.75 Å². The minimum Gasteiger partial charge on any atom is -0.497 e. The van der Waals surface area contributed by atoms with Crippen LogP contribution in [-0.2, 0) is 6.54 Å². The molecule has 0 amide bonds. The van der Waals surface area contributed by atoms with Gasteiger partial charge < -0.3 is 10.1 Å². The molecule has 0 saturated heterocycles. The third-order valence-electron chi connectivity index (χ3n) is 4.15. The molecule has 0 heterocycles. The van der Waals surface area contributed by atoms with Gasteiger partial charge in [-0.2, -0.15) is 0 Å². The molecule has 1 N–H and O–H groups in total. The third-order valence-corrected chi connectivity index (χ3v) is 4.15. The lowest BCUT2D eigenvalue weighted by molar-refractivity contribution is 0.285. The molecule has 0 aliphatic heterocycles. The van der Waals surface area contributed by atoms with Crippen LogP contribution in [0.15, 0.2) is 24.3 Å². The van der Waals surface area contributed by atoms with E-state index >= 15 is 0 Å². The molecule has 2 rings (SSSR count). The Balaban J connectivity index is 1.77. The Kier molecular flexibility index (Phi) is 5.06. The van der Waals surface area contributed by atoms with Crippen molar-refractivity contribution in [2.45, 2.75) is 51.6 Å². The summed E-state index contributed by atoms with van der Waals surface area (Å²) in [6.45, 7) is 3.27. The number of benzene rings is 1. The van der Waals surface area contributed by atoms with Gasteiger partial charge in [0, 0.05) is 12.6 Å². The lowest BCUT2D eigenvalue weighted by Gasteiger charge is -2.28. The van der Waals surface area contributed by atoms with Gasteiger partial charge in [0.1, 0.15) is 5.75 Å². The molecule has 1 fully saturated rings. The van der Waals surface area contributed by atoms with Crippen molar-refractivity contribution in [1.82, 2.24) is 5.32 Å². The lowest BCUT2D eigenvalue weighted by atomic mass is 9.84. The van der Waals surface area contributed by atoms with E-state index in [1.807, 2.05) is 6.07 Å².